The number of hydrogen-bond donors (Lipinski definition) is 1. The molecule has 2 heterocycles. The highest BCUT2D eigenvalue weighted by Gasteiger charge is 2.22. The van der Waals surface area contributed by atoms with Gasteiger partial charge in [0.15, 0.2) is 0 Å². The normalized spacial score (nSPS) is 10.8. The van der Waals surface area contributed by atoms with E-state index in [1.807, 2.05) is 24.3 Å². The van der Waals surface area contributed by atoms with Crippen LogP contribution in [0.1, 0.15) is 18.9 Å². The molecular formula is C24H22N4O4. The predicted molar refractivity (Wildman–Crippen MR) is 121 cm³/mol. The second-order valence-electron chi connectivity index (χ2n) is 7.24. The van der Waals surface area contributed by atoms with Gasteiger partial charge in [0.25, 0.3) is 5.69 Å². The number of pyridine rings is 1. The largest absolute Gasteiger partial charge is 0.507 e. The molecule has 0 saturated carbocycles. The molecule has 0 bridgehead atoms. The average molecular weight is 430 g/mol. The number of aryl methyl sites for hydroxylation is 1. The number of aromatic hydroxyl groups is 1. The van der Waals surface area contributed by atoms with Crippen LogP contribution in [-0.2, 0) is 6.42 Å². The quantitative estimate of drug-likeness (QED) is 0.320. The number of ether oxygens (including phenoxy) is 1. The Morgan fingerprint density at radius 2 is 1.91 bits per heavy atom. The first-order valence-electron chi connectivity index (χ1n) is 10.2. The third-order valence-corrected chi connectivity index (χ3v) is 5.19. The molecule has 162 valence electrons. The molecule has 2 aromatic heterocycles. The zero-order valence-electron chi connectivity index (χ0n) is 17.7. The lowest BCUT2D eigenvalue weighted by Gasteiger charge is -2.15. The Labute approximate surface area is 184 Å². The number of benzene rings is 2. The molecule has 0 fully saturated rings. The van der Waals surface area contributed by atoms with Gasteiger partial charge in [0.1, 0.15) is 11.5 Å². The number of non-ortho nitro benzene ring substituents is 1. The van der Waals surface area contributed by atoms with Crippen LogP contribution in [0.3, 0.4) is 0 Å². The van der Waals surface area contributed by atoms with Crippen LogP contribution in [0.15, 0.2) is 67.0 Å². The Bertz CT molecular complexity index is 1250. The number of phenols is 1. The van der Waals surface area contributed by atoms with Crippen LogP contribution < -0.4 is 4.74 Å². The van der Waals surface area contributed by atoms with Crippen molar-refractivity contribution in [2.24, 2.45) is 0 Å². The highest BCUT2D eigenvalue weighted by atomic mass is 16.6. The van der Waals surface area contributed by atoms with Crippen molar-refractivity contribution in [3.8, 4) is 39.7 Å². The second-order valence-corrected chi connectivity index (χ2v) is 7.24. The predicted octanol–water partition coefficient (Wildman–Crippen LogP) is 5.18. The van der Waals surface area contributed by atoms with Gasteiger partial charge in [0, 0.05) is 35.5 Å². The molecule has 0 unspecified atom stereocenters. The number of hydrogen-bond acceptors (Lipinski definition) is 6. The molecule has 0 aliphatic heterocycles. The fourth-order valence-electron chi connectivity index (χ4n) is 3.69. The maximum absolute atomic E-state index is 11.1. The highest BCUT2D eigenvalue weighted by Crippen LogP contribution is 2.41. The first-order chi connectivity index (χ1) is 15.5. The minimum absolute atomic E-state index is 0.00932. The zero-order valence-corrected chi connectivity index (χ0v) is 17.7. The summed E-state index contributed by atoms with van der Waals surface area (Å²) in [6.07, 6.45) is 5.07. The van der Waals surface area contributed by atoms with Gasteiger partial charge in [-0.2, -0.15) is 5.10 Å². The number of methoxy groups -OCH3 is 1. The molecule has 0 atom stereocenters. The van der Waals surface area contributed by atoms with Gasteiger partial charge in [0.2, 0.25) is 0 Å². The van der Waals surface area contributed by atoms with E-state index in [0.29, 0.717) is 28.4 Å². The van der Waals surface area contributed by atoms with Crippen molar-refractivity contribution in [1.82, 2.24) is 14.8 Å². The van der Waals surface area contributed by atoms with E-state index < -0.39 is 4.92 Å². The van der Waals surface area contributed by atoms with Crippen LogP contribution in [0, 0.1) is 10.1 Å². The monoisotopic (exact) mass is 430 g/mol. The molecule has 1 N–H and O–H groups in total. The number of nitrogens with zero attached hydrogens (tertiary/aromatic N) is 4. The van der Waals surface area contributed by atoms with Crippen LogP contribution in [0.25, 0.3) is 28.2 Å². The minimum atomic E-state index is -0.445. The molecule has 2 aromatic carbocycles. The van der Waals surface area contributed by atoms with Gasteiger partial charge in [-0.25, -0.2) is 4.68 Å². The summed E-state index contributed by atoms with van der Waals surface area (Å²) in [6, 6.07) is 15.2. The summed E-state index contributed by atoms with van der Waals surface area (Å²) >= 11 is 0. The fourth-order valence-corrected chi connectivity index (χ4v) is 3.69. The van der Waals surface area contributed by atoms with Gasteiger partial charge >= 0.3 is 0 Å². The van der Waals surface area contributed by atoms with Gasteiger partial charge < -0.3 is 9.84 Å². The number of phenolic OH excluding ortho intramolecular Hbond substituents is 1. The first kappa shape index (κ1) is 21.0. The standard InChI is InChI=1S/C24H22N4O4/c1-3-6-16-13-19(22(29)14-23(16)32-2)24-20(21-7-4-5-12-25-21)15-26-27(24)17-8-10-18(11-9-17)28(30)31/h4-5,7-15,29H,3,6H2,1-2H3. The van der Waals surface area contributed by atoms with E-state index in [4.69, 9.17) is 4.74 Å². The second kappa shape index (κ2) is 8.89. The van der Waals surface area contributed by atoms with Crippen LogP contribution >= 0.6 is 0 Å². The number of nitro groups is 1. The molecule has 32 heavy (non-hydrogen) atoms. The summed E-state index contributed by atoms with van der Waals surface area (Å²) in [5.74, 6) is 0.663. The zero-order chi connectivity index (χ0) is 22.7. The molecule has 0 saturated heterocycles. The van der Waals surface area contributed by atoms with E-state index in [1.54, 1.807) is 42.4 Å². The average Bonchev–Trinajstić information content (AvgIpc) is 3.25. The van der Waals surface area contributed by atoms with E-state index in [1.165, 1.54) is 12.1 Å². The fraction of sp³-hybridized carbons (Fsp3) is 0.167. The summed E-state index contributed by atoms with van der Waals surface area (Å²) in [5, 5.41) is 26.5. The van der Waals surface area contributed by atoms with Gasteiger partial charge in [-0.1, -0.05) is 19.4 Å². The molecule has 0 radical (unpaired) electrons. The molecule has 0 spiro atoms. The molecule has 0 amide bonds. The summed E-state index contributed by atoms with van der Waals surface area (Å²) in [5.41, 5.74) is 4.21. The van der Waals surface area contributed by atoms with E-state index in [0.717, 1.165) is 24.0 Å². The molecule has 0 aliphatic carbocycles. The van der Waals surface area contributed by atoms with Gasteiger partial charge in [0.05, 0.1) is 35.3 Å². The lowest BCUT2D eigenvalue weighted by molar-refractivity contribution is -0.384. The Kier molecular flexibility index (Phi) is 5.85. The van der Waals surface area contributed by atoms with Crippen molar-refractivity contribution in [3.63, 3.8) is 0 Å². The third-order valence-electron chi connectivity index (χ3n) is 5.19. The maximum atomic E-state index is 11.1. The van der Waals surface area contributed by atoms with E-state index >= 15 is 0 Å². The summed E-state index contributed by atoms with van der Waals surface area (Å²) in [6.45, 7) is 2.08. The number of rotatable bonds is 7. The lowest BCUT2D eigenvalue weighted by Crippen LogP contribution is -2.02. The molecule has 4 rings (SSSR count). The van der Waals surface area contributed by atoms with Crippen LogP contribution in [-0.4, -0.2) is 31.9 Å². The molecule has 4 aromatic rings. The third kappa shape index (κ3) is 3.90. The summed E-state index contributed by atoms with van der Waals surface area (Å²) in [4.78, 5) is 15.1. The SMILES string of the molecule is CCCc1cc(-c2c(-c3ccccn3)cnn2-c2ccc([N+](=O)[O-])cc2)c(O)cc1OC. The van der Waals surface area contributed by atoms with Gasteiger partial charge in [-0.15, -0.1) is 0 Å². The molecule has 0 aliphatic rings. The Balaban J connectivity index is 1.96. The Morgan fingerprint density at radius 3 is 2.53 bits per heavy atom. The molecule has 8 nitrogen and oxygen atoms in total. The van der Waals surface area contributed by atoms with Gasteiger partial charge in [-0.05, 0) is 42.3 Å². The topological polar surface area (TPSA) is 103 Å². The maximum Gasteiger partial charge on any atom is 0.269 e. The van der Waals surface area contributed by atoms with E-state index in [9.17, 15) is 15.2 Å². The first-order valence-corrected chi connectivity index (χ1v) is 10.2. The molecular weight excluding hydrogens is 408 g/mol. The molecule has 8 heteroatoms. The highest BCUT2D eigenvalue weighted by molar-refractivity contribution is 5.84. The van der Waals surface area contributed by atoms with E-state index in [2.05, 4.69) is 17.0 Å². The van der Waals surface area contributed by atoms with Crippen molar-refractivity contribution < 1.29 is 14.8 Å². The van der Waals surface area contributed by atoms with Crippen LogP contribution in [0.5, 0.6) is 11.5 Å². The van der Waals surface area contributed by atoms with Crippen LogP contribution in [0.4, 0.5) is 5.69 Å². The Hall–Kier alpha value is -4.20. The smallest absolute Gasteiger partial charge is 0.269 e. The van der Waals surface area contributed by atoms with Gasteiger partial charge in [-0.3, -0.25) is 15.1 Å². The van der Waals surface area contributed by atoms with Crippen molar-refractivity contribution in [2.45, 2.75) is 19.8 Å². The summed E-state index contributed by atoms with van der Waals surface area (Å²) < 4.78 is 7.12. The number of nitro benzene ring substituents is 1. The Morgan fingerprint density at radius 1 is 1.12 bits per heavy atom. The van der Waals surface area contributed by atoms with Crippen molar-refractivity contribution >= 4 is 5.69 Å². The lowest BCUT2D eigenvalue weighted by atomic mass is 9.99. The van der Waals surface area contributed by atoms with E-state index in [-0.39, 0.29) is 11.4 Å². The van der Waals surface area contributed by atoms with Crippen molar-refractivity contribution in [1.29, 1.82) is 0 Å². The number of aromatic nitrogens is 3. The van der Waals surface area contributed by atoms with Crippen molar-refractivity contribution in [2.75, 3.05) is 7.11 Å². The summed E-state index contributed by atoms with van der Waals surface area (Å²) in [7, 11) is 1.58. The van der Waals surface area contributed by atoms with Crippen molar-refractivity contribution in [3.05, 3.63) is 82.7 Å². The minimum Gasteiger partial charge on any atom is -0.507 e. The van der Waals surface area contributed by atoms with Crippen LogP contribution in [0.2, 0.25) is 0 Å².